The molecular formula is C26H32N6OS. The van der Waals surface area contributed by atoms with Crippen LogP contribution in [0.2, 0.25) is 0 Å². The molecule has 0 atom stereocenters. The van der Waals surface area contributed by atoms with E-state index in [4.69, 9.17) is 4.98 Å². The SMILES string of the molecule is C=CN=C(C=NCC)CNC(=O)c1cc(N2CCC(C)CC2)c2ncc(-c3ccc(C)s3)n2c1. The number of amides is 1. The Balaban J connectivity index is 1.70. The van der Waals surface area contributed by atoms with E-state index in [1.54, 1.807) is 17.6 Å². The van der Waals surface area contributed by atoms with Crippen molar-refractivity contribution in [2.24, 2.45) is 15.9 Å². The van der Waals surface area contributed by atoms with Crippen molar-refractivity contribution in [3.63, 3.8) is 0 Å². The summed E-state index contributed by atoms with van der Waals surface area (Å²) < 4.78 is 2.06. The number of nitrogens with one attached hydrogen (secondary N) is 1. The van der Waals surface area contributed by atoms with Gasteiger partial charge in [-0.05, 0) is 50.8 Å². The minimum absolute atomic E-state index is 0.155. The van der Waals surface area contributed by atoms with E-state index < -0.39 is 0 Å². The number of aryl methyl sites for hydroxylation is 1. The van der Waals surface area contributed by atoms with E-state index in [1.165, 1.54) is 11.1 Å². The van der Waals surface area contributed by atoms with Crippen LogP contribution in [0.5, 0.6) is 0 Å². The van der Waals surface area contributed by atoms with E-state index in [0.717, 1.165) is 53.8 Å². The van der Waals surface area contributed by atoms with Crippen LogP contribution in [0.25, 0.3) is 16.2 Å². The van der Waals surface area contributed by atoms with Crippen LogP contribution in [0.15, 0.2) is 53.4 Å². The molecule has 0 unspecified atom stereocenters. The summed E-state index contributed by atoms with van der Waals surface area (Å²) in [5.74, 6) is 0.563. The summed E-state index contributed by atoms with van der Waals surface area (Å²) in [6.07, 6.45) is 9.22. The first-order valence-corrected chi connectivity index (χ1v) is 12.6. The summed E-state index contributed by atoms with van der Waals surface area (Å²) in [5, 5.41) is 2.99. The molecule has 178 valence electrons. The molecule has 1 amide bonds. The minimum atomic E-state index is -0.155. The molecule has 7 nitrogen and oxygen atoms in total. The molecule has 0 aliphatic carbocycles. The van der Waals surface area contributed by atoms with Gasteiger partial charge in [-0.25, -0.2) is 4.98 Å². The average Bonchev–Trinajstić information content (AvgIpc) is 3.46. The zero-order valence-electron chi connectivity index (χ0n) is 20.1. The molecule has 1 N–H and O–H groups in total. The molecule has 1 aliphatic heterocycles. The van der Waals surface area contributed by atoms with Gasteiger partial charge in [0.2, 0.25) is 0 Å². The number of carbonyl (C=O) groups is 1. The van der Waals surface area contributed by atoms with Crippen molar-refractivity contribution in [1.82, 2.24) is 14.7 Å². The second-order valence-corrected chi connectivity index (χ2v) is 9.93. The number of hydrogen-bond donors (Lipinski definition) is 1. The van der Waals surface area contributed by atoms with Crippen LogP contribution in [0.3, 0.4) is 0 Å². The van der Waals surface area contributed by atoms with Gasteiger partial charge >= 0.3 is 0 Å². The highest BCUT2D eigenvalue weighted by Crippen LogP contribution is 2.33. The van der Waals surface area contributed by atoms with Crippen LogP contribution in [-0.2, 0) is 0 Å². The Bertz CT molecular complexity index is 1230. The Labute approximate surface area is 205 Å². The number of piperidine rings is 1. The van der Waals surface area contributed by atoms with Crippen molar-refractivity contribution >= 4 is 40.5 Å². The minimum Gasteiger partial charge on any atom is -0.368 e. The van der Waals surface area contributed by atoms with Crippen LogP contribution >= 0.6 is 11.3 Å². The van der Waals surface area contributed by atoms with Crippen LogP contribution in [0.1, 0.15) is 41.9 Å². The van der Waals surface area contributed by atoms with Gasteiger partial charge in [0.25, 0.3) is 5.91 Å². The number of nitrogens with zero attached hydrogens (tertiary/aromatic N) is 5. The summed E-state index contributed by atoms with van der Waals surface area (Å²) in [7, 11) is 0. The maximum atomic E-state index is 13.2. The molecular weight excluding hydrogens is 444 g/mol. The summed E-state index contributed by atoms with van der Waals surface area (Å²) in [6, 6.07) is 6.20. The highest BCUT2D eigenvalue weighted by atomic mass is 32.1. The fourth-order valence-corrected chi connectivity index (χ4v) is 5.02. The lowest BCUT2D eigenvalue weighted by atomic mass is 9.99. The molecule has 4 rings (SSSR count). The van der Waals surface area contributed by atoms with Gasteiger partial charge in [0, 0.05) is 43.1 Å². The van der Waals surface area contributed by atoms with E-state index in [-0.39, 0.29) is 12.5 Å². The lowest BCUT2D eigenvalue weighted by molar-refractivity contribution is 0.0959. The van der Waals surface area contributed by atoms with E-state index in [1.807, 2.05) is 25.4 Å². The molecule has 4 heterocycles. The molecule has 0 bridgehead atoms. The first kappa shape index (κ1) is 23.9. The third-order valence-electron chi connectivity index (χ3n) is 6.08. The van der Waals surface area contributed by atoms with Crippen molar-refractivity contribution in [2.75, 3.05) is 31.1 Å². The smallest absolute Gasteiger partial charge is 0.253 e. The first-order chi connectivity index (χ1) is 16.5. The molecule has 3 aromatic rings. The molecule has 0 radical (unpaired) electrons. The van der Waals surface area contributed by atoms with Crippen LogP contribution in [0.4, 0.5) is 5.69 Å². The van der Waals surface area contributed by atoms with Crippen molar-refractivity contribution in [3.8, 4) is 10.6 Å². The zero-order chi connectivity index (χ0) is 24.1. The van der Waals surface area contributed by atoms with Gasteiger partial charge in [-0.3, -0.25) is 19.2 Å². The number of imidazole rings is 1. The van der Waals surface area contributed by atoms with E-state index in [2.05, 4.69) is 57.2 Å². The van der Waals surface area contributed by atoms with Crippen molar-refractivity contribution in [1.29, 1.82) is 0 Å². The molecule has 3 aromatic heterocycles. The Morgan fingerprint density at radius 1 is 1.35 bits per heavy atom. The number of carbonyl (C=O) groups excluding carboxylic acids is 1. The highest BCUT2D eigenvalue weighted by molar-refractivity contribution is 7.15. The normalized spacial score (nSPS) is 15.4. The third-order valence-corrected chi connectivity index (χ3v) is 7.10. The van der Waals surface area contributed by atoms with Crippen LogP contribution in [-0.4, -0.2) is 53.4 Å². The number of fused-ring (bicyclic) bond motifs is 1. The van der Waals surface area contributed by atoms with Gasteiger partial charge in [0.1, 0.15) is 0 Å². The average molecular weight is 477 g/mol. The Kier molecular flexibility index (Phi) is 7.57. The predicted octanol–water partition coefficient (Wildman–Crippen LogP) is 5.01. The molecule has 1 aliphatic rings. The molecule has 1 fully saturated rings. The third kappa shape index (κ3) is 5.28. The van der Waals surface area contributed by atoms with Gasteiger partial charge in [-0.15, -0.1) is 11.3 Å². The Morgan fingerprint density at radius 3 is 2.82 bits per heavy atom. The fourth-order valence-electron chi connectivity index (χ4n) is 4.14. The molecule has 0 aromatic carbocycles. The van der Waals surface area contributed by atoms with Gasteiger partial charge in [-0.2, -0.15) is 0 Å². The lowest BCUT2D eigenvalue weighted by Crippen LogP contribution is -2.34. The zero-order valence-corrected chi connectivity index (χ0v) is 20.9. The van der Waals surface area contributed by atoms with Gasteiger partial charge in [0.15, 0.2) is 5.65 Å². The van der Waals surface area contributed by atoms with Gasteiger partial charge < -0.3 is 10.2 Å². The fraction of sp³-hybridized carbons (Fsp3) is 0.385. The number of pyridine rings is 1. The van der Waals surface area contributed by atoms with E-state index >= 15 is 0 Å². The van der Waals surface area contributed by atoms with Crippen molar-refractivity contribution in [3.05, 3.63) is 53.8 Å². The first-order valence-electron chi connectivity index (χ1n) is 11.8. The second kappa shape index (κ2) is 10.8. The number of aromatic nitrogens is 2. The quantitative estimate of drug-likeness (QED) is 0.464. The van der Waals surface area contributed by atoms with Crippen LogP contribution < -0.4 is 10.2 Å². The van der Waals surface area contributed by atoms with Gasteiger partial charge in [0.05, 0.1) is 40.3 Å². The molecule has 8 heteroatoms. The maximum absolute atomic E-state index is 13.2. The lowest BCUT2D eigenvalue weighted by Gasteiger charge is -2.32. The second-order valence-electron chi connectivity index (χ2n) is 8.64. The number of rotatable bonds is 8. The molecule has 34 heavy (non-hydrogen) atoms. The standard InChI is InChI=1S/C26H32N6OS/c1-5-27-14-21(28-6-2)15-30-26(33)20-13-22(31-11-9-18(3)10-12-31)25-29-16-23(32(25)17-20)24-8-7-19(4)34-24/h6-8,13-14,16-18H,2,5,9-12,15H2,1,3-4H3,(H,30,33). The summed E-state index contributed by atoms with van der Waals surface area (Å²) in [5.41, 5.74) is 4.15. The monoisotopic (exact) mass is 476 g/mol. The Hall–Kier alpha value is -3.26. The van der Waals surface area contributed by atoms with E-state index in [0.29, 0.717) is 17.8 Å². The molecule has 1 saturated heterocycles. The summed E-state index contributed by atoms with van der Waals surface area (Å²) >= 11 is 1.73. The summed E-state index contributed by atoms with van der Waals surface area (Å²) in [4.78, 5) is 31.2. The number of hydrogen-bond acceptors (Lipinski definition) is 6. The summed E-state index contributed by atoms with van der Waals surface area (Å²) in [6.45, 7) is 12.9. The van der Waals surface area contributed by atoms with Crippen LogP contribution in [0, 0.1) is 12.8 Å². The maximum Gasteiger partial charge on any atom is 0.253 e. The number of thiophene rings is 1. The van der Waals surface area contributed by atoms with Crippen molar-refractivity contribution in [2.45, 2.75) is 33.6 Å². The van der Waals surface area contributed by atoms with E-state index in [9.17, 15) is 4.79 Å². The largest absolute Gasteiger partial charge is 0.368 e. The Morgan fingerprint density at radius 2 is 2.15 bits per heavy atom. The molecule has 0 spiro atoms. The number of aliphatic imine (C=N–C) groups is 2. The number of anilines is 1. The topological polar surface area (TPSA) is 74.4 Å². The predicted molar refractivity (Wildman–Crippen MR) is 143 cm³/mol. The highest BCUT2D eigenvalue weighted by Gasteiger charge is 2.22. The van der Waals surface area contributed by atoms with Gasteiger partial charge in [-0.1, -0.05) is 13.5 Å². The molecule has 0 saturated carbocycles. The van der Waals surface area contributed by atoms with Crippen molar-refractivity contribution < 1.29 is 4.79 Å².